The van der Waals surface area contributed by atoms with E-state index in [1.165, 1.54) is 48.4 Å². The van der Waals surface area contributed by atoms with Gasteiger partial charge in [-0.1, -0.05) is 36.8 Å². The Bertz CT molecular complexity index is 1390. The monoisotopic (exact) mass is 569 g/mol. The van der Waals surface area contributed by atoms with Gasteiger partial charge in [0.2, 0.25) is 11.8 Å². The molecule has 0 aliphatic rings. The highest BCUT2D eigenvalue weighted by atomic mass is 32.2. The maximum absolute atomic E-state index is 13.9. The summed E-state index contributed by atoms with van der Waals surface area (Å²) in [4.78, 5) is 28.3. The lowest BCUT2D eigenvalue weighted by Gasteiger charge is -2.32. The molecule has 0 aliphatic heterocycles. The zero-order valence-electron chi connectivity index (χ0n) is 23.4. The number of carbonyl (C=O) groups excluding carboxylic acids is 2. The molecule has 0 spiro atoms. The largest absolute Gasteiger partial charge is 0.497 e. The van der Waals surface area contributed by atoms with E-state index in [2.05, 4.69) is 5.32 Å². The van der Waals surface area contributed by atoms with Crippen molar-refractivity contribution >= 4 is 27.5 Å². The van der Waals surface area contributed by atoms with Crippen molar-refractivity contribution in [1.29, 1.82) is 0 Å². The van der Waals surface area contributed by atoms with Gasteiger partial charge in [0.15, 0.2) is 0 Å². The molecule has 0 fully saturated rings. The Morgan fingerprint density at radius 1 is 0.950 bits per heavy atom. The summed E-state index contributed by atoms with van der Waals surface area (Å²) >= 11 is 0. The second kappa shape index (κ2) is 13.4. The summed E-state index contributed by atoms with van der Waals surface area (Å²) in [6, 6.07) is 17.2. The van der Waals surface area contributed by atoms with Crippen LogP contribution in [0.25, 0.3) is 0 Å². The Morgan fingerprint density at radius 3 is 2.10 bits per heavy atom. The smallest absolute Gasteiger partial charge is 0.264 e. The second-order valence-electron chi connectivity index (χ2n) is 9.66. The first kappa shape index (κ1) is 30.6. The Morgan fingerprint density at radius 2 is 1.55 bits per heavy atom. The maximum atomic E-state index is 13.9. The molecule has 0 radical (unpaired) electrons. The lowest BCUT2D eigenvalue weighted by atomic mass is 10.1. The van der Waals surface area contributed by atoms with Crippen LogP contribution in [0, 0.1) is 12.7 Å². The first-order valence-electron chi connectivity index (χ1n) is 13.0. The topological polar surface area (TPSA) is 96.0 Å². The third kappa shape index (κ3) is 7.59. The van der Waals surface area contributed by atoms with Crippen molar-refractivity contribution in [1.82, 2.24) is 10.2 Å². The molecule has 2 unspecified atom stereocenters. The molecule has 2 amide bonds. The van der Waals surface area contributed by atoms with E-state index >= 15 is 0 Å². The molecule has 2 atom stereocenters. The van der Waals surface area contributed by atoms with Crippen LogP contribution in [0.15, 0.2) is 77.7 Å². The van der Waals surface area contributed by atoms with E-state index in [4.69, 9.17) is 4.74 Å². The number of sulfonamides is 1. The van der Waals surface area contributed by atoms with Crippen LogP contribution >= 0.6 is 0 Å². The van der Waals surface area contributed by atoms with Crippen molar-refractivity contribution in [3.63, 3.8) is 0 Å². The van der Waals surface area contributed by atoms with Gasteiger partial charge in [-0.2, -0.15) is 0 Å². The number of hydrogen-bond donors (Lipinski definition) is 1. The van der Waals surface area contributed by atoms with Crippen molar-refractivity contribution in [2.45, 2.75) is 57.6 Å². The fourth-order valence-electron chi connectivity index (χ4n) is 3.95. The lowest BCUT2D eigenvalue weighted by molar-refractivity contribution is -0.139. The molecule has 3 aromatic rings. The summed E-state index contributed by atoms with van der Waals surface area (Å²) in [5.74, 6) is -1.02. The number of rotatable bonds is 12. The summed E-state index contributed by atoms with van der Waals surface area (Å²) in [5, 5.41) is 2.90. The minimum Gasteiger partial charge on any atom is -0.497 e. The molecule has 214 valence electrons. The molecule has 0 aromatic heterocycles. The fraction of sp³-hybridized carbons (Fsp3) is 0.333. The summed E-state index contributed by atoms with van der Waals surface area (Å²) in [6.45, 7) is 6.86. The van der Waals surface area contributed by atoms with Crippen LogP contribution < -0.4 is 14.4 Å². The van der Waals surface area contributed by atoms with Crippen molar-refractivity contribution in [2.24, 2.45) is 0 Å². The van der Waals surface area contributed by atoms with Crippen LogP contribution in [-0.2, 0) is 26.2 Å². The van der Waals surface area contributed by atoms with Gasteiger partial charge in [0, 0.05) is 12.6 Å². The van der Waals surface area contributed by atoms with Crippen LogP contribution in [-0.4, -0.2) is 50.9 Å². The van der Waals surface area contributed by atoms with E-state index < -0.39 is 34.3 Å². The Balaban J connectivity index is 2.01. The number of ether oxygens (including phenoxy) is 1. The molecular weight excluding hydrogens is 533 g/mol. The van der Waals surface area contributed by atoms with Gasteiger partial charge in [0.05, 0.1) is 17.7 Å². The van der Waals surface area contributed by atoms with Crippen molar-refractivity contribution in [2.75, 3.05) is 18.0 Å². The van der Waals surface area contributed by atoms with Gasteiger partial charge in [0.25, 0.3) is 10.0 Å². The van der Waals surface area contributed by atoms with Gasteiger partial charge >= 0.3 is 0 Å². The molecule has 3 aromatic carbocycles. The molecule has 0 bridgehead atoms. The summed E-state index contributed by atoms with van der Waals surface area (Å²) in [6.07, 6.45) is 0.711. The normalized spacial score (nSPS) is 12.8. The third-order valence-corrected chi connectivity index (χ3v) is 8.47. The predicted octanol–water partition coefficient (Wildman–Crippen LogP) is 4.67. The van der Waals surface area contributed by atoms with Crippen molar-refractivity contribution in [3.8, 4) is 5.75 Å². The molecule has 8 nitrogen and oxygen atoms in total. The zero-order valence-corrected chi connectivity index (χ0v) is 24.2. The zero-order chi connectivity index (χ0) is 29.4. The Labute approximate surface area is 235 Å². The second-order valence-corrected chi connectivity index (χ2v) is 11.5. The van der Waals surface area contributed by atoms with E-state index in [0.29, 0.717) is 12.2 Å². The average molecular weight is 570 g/mol. The van der Waals surface area contributed by atoms with Crippen LogP contribution in [0.5, 0.6) is 5.75 Å². The maximum Gasteiger partial charge on any atom is 0.264 e. The van der Waals surface area contributed by atoms with Gasteiger partial charge < -0.3 is 15.0 Å². The number of nitrogens with zero attached hydrogens (tertiary/aromatic N) is 2. The minimum absolute atomic E-state index is 0.0712. The van der Waals surface area contributed by atoms with Gasteiger partial charge in [-0.05, 0) is 81.3 Å². The molecule has 3 rings (SSSR count). The van der Waals surface area contributed by atoms with E-state index in [9.17, 15) is 22.4 Å². The van der Waals surface area contributed by atoms with E-state index in [-0.39, 0.29) is 29.1 Å². The average Bonchev–Trinajstić information content (AvgIpc) is 2.95. The lowest BCUT2D eigenvalue weighted by Crippen LogP contribution is -2.52. The number of carbonyl (C=O) groups is 2. The molecule has 1 N–H and O–H groups in total. The van der Waals surface area contributed by atoms with Gasteiger partial charge in [0.1, 0.15) is 24.2 Å². The number of anilines is 1. The molecule has 0 saturated carbocycles. The highest BCUT2D eigenvalue weighted by Gasteiger charge is 2.32. The summed E-state index contributed by atoms with van der Waals surface area (Å²) < 4.78 is 47.4. The first-order valence-corrected chi connectivity index (χ1v) is 14.5. The number of amides is 2. The van der Waals surface area contributed by atoms with Crippen molar-refractivity contribution < 1.29 is 27.1 Å². The number of benzene rings is 3. The number of aryl methyl sites for hydroxylation is 1. The fourth-order valence-corrected chi connectivity index (χ4v) is 5.36. The van der Waals surface area contributed by atoms with E-state index in [1.54, 1.807) is 6.92 Å². The number of methoxy groups -OCH3 is 1. The highest BCUT2D eigenvalue weighted by molar-refractivity contribution is 7.92. The van der Waals surface area contributed by atoms with Crippen LogP contribution in [0.4, 0.5) is 10.1 Å². The van der Waals surface area contributed by atoms with E-state index in [0.717, 1.165) is 27.6 Å². The summed E-state index contributed by atoms with van der Waals surface area (Å²) in [5.41, 5.74) is 1.93. The van der Waals surface area contributed by atoms with Crippen LogP contribution in [0.3, 0.4) is 0 Å². The van der Waals surface area contributed by atoms with Crippen LogP contribution in [0.1, 0.15) is 38.3 Å². The minimum atomic E-state index is -4.26. The van der Waals surface area contributed by atoms with Gasteiger partial charge in [-0.3, -0.25) is 13.9 Å². The predicted molar refractivity (Wildman–Crippen MR) is 153 cm³/mol. The number of hydrogen-bond acceptors (Lipinski definition) is 5. The van der Waals surface area contributed by atoms with Gasteiger partial charge in [-0.15, -0.1) is 0 Å². The standard InChI is InChI=1S/C30H36FN3O5S/c1-6-22(3)32-30(36)23(4)33(19-24-9-7-21(2)8-10-24)29(35)20-34(26-13-11-25(31)12-14-26)40(37,38)28-17-15-27(39-5)16-18-28/h7-18,22-23H,6,19-20H2,1-5H3,(H,32,36). The number of nitrogens with one attached hydrogen (secondary N) is 1. The van der Waals surface area contributed by atoms with Crippen LogP contribution in [0.2, 0.25) is 0 Å². The first-order chi connectivity index (χ1) is 19.0. The summed E-state index contributed by atoms with van der Waals surface area (Å²) in [7, 11) is -2.79. The van der Waals surface area contributed by atoms with E-state index in [1.807, 2.05) is 45.0 Å². The molecule has 0 aliphatic carbocycles. The third-order valence-electron chi connectivity index (χ3n) is 6.68. The highest BCUT2D eigenvalue weighted by Crippen LogP contribution is 2.26. The Hall–Kier alpha value is -3.92. The Kier molecular flexibility index (Phi) is 10.3. The number of halogens is 1. The molecule has 0 saturated heterocycles. The molecular formula is C30H36FN3O5S. The van der Waals surface area contributed by atoms with Crippen molar-refractivity contribution in [3.05, 3.63) is 89.7 Å². The SMILES string of the molecule is CCC(C)NC(=O)C(C)N(Cc1ccc(C)cc1)C(=O)CN(c1ccc(F)cc1)S(=O)(=O)c1ccc(OC)cc1. The molecule has 10 heteroatoms. The molecule has 0 heterocycles. The molecule has 40 heavy (non-hydrogen) atoms. The quantitative estimate of drug-likeness (QED) is 0.342. The van der Waals surface area contributed by atoms with Gasteiger partial charge in [-0.25, -0.2) is 12.8 Å².